The SMILES string of the molecule is CCCOc1ccc(Cl)cc1C(=O)N1CCC(n2ccnc2)CC1. The van der Waals surface area contributed by atoms with Crippen molar-refractivity contribution < 1.29 is 9.53 Å². The summed E-state index contributed by atoms with van der Waals surface area (Å²) >= 11 is 6.09. The highest BCUT2D eigenvalue weighted by molar-refractivity contribution is 6.31. The fourth-order valence-corrected chi connectivity index (χ4v) is 3.20. The van der Waals surface area contributed by atoms with Crippen molar-refractivity contribution in [2.45, 2.75) is 32.2 Å². The molecule has 5 nitrogen and oxygen atoms in total. The number of likely N-dealkylation sites (tertiary alicyclic amines) is 1. The van der Waals surface area contributed by atoms with Gasteiger partial charge in [0, 0.05) is 36.5 Å². The fourth-order valence-electron chi connectivity index (χ4n) is 3.03. The van der Waals surface area contributed by atoms with E-state index in [-0.39, 0.29) is 5.91 Å². The van der Waals surface area contributed by atoms with Gasteiger partial charge in [-0.1, -0.05) is 18.5 Å². The van der Waals surface area contributed by atoms with E-state index in [2.05, 4.69) is 9.55 Å². The number of piperidine rings is 1. The molecule has 0 saturated carbocycles. The highest BCUT2D eigenvalue weighted by Crippen LogP contribution is 2.28. The number of rotatable bonds is 5. The Morgan fingerprint density at radius 1 is 1.38 bits per heavy atom. The summed E-state index contributed by atoms with van der Waals surface area (Å²) in [7, 11) is 0. The normalized spacial score (nSPS) is 15.5. The summed E-state index contributed by atoms with van der Waals surface area (Å²) < 4.78 is 7.84. The lowest BCUT2D eigenvalue weighted by Gasteiger charge is -2.33. The minimum atomic E-state index is -0.00677. The smallest absolute Gasteiger partial charge is 0.257 e. The van der Waals surface area contributed by atoms with Crippen LogP contribution in [-0.2, 0) is 0 Å². The fraction of sp³-hybridized carbons (Fsp3) is 0.444. The first-order valence-corrected chi connectivity index (χ1v) is 8.76. The molecule has 0 radical (unpaired) electrons. The Hall–Kier alpha value is -2.01. The average Bonchev–Trinajstić information content (AvgIpc) is 3.15. The van der Waals surface area contributed by atoms with Crippen LogP contribution in [0.2, 0.25) is 5.02 Å². The van der Waals surface area contributed by atoms with Gasteiger partial charge >= 0.3 is 0 Å². The zero-order valence-corrected chi connectivity index (χ0v) is 14.6. The molecule has 128 valence electrons. The Balaban J connectivity index is 1.70. The van der Waals surface area contributed by atoms with Crippen LogP contribution in [0.25, 0.3) is 0 Å². The van der Waals surface area contributed by atoms with Gasteiger partial charge in [0.1, 0.15) is 5.75 Å². The van der Waals surface area contributed by atoms with Crippen LogP contribution in [0.4, 0.5) is 0 Å². The van der Waals surface area contributed by atoms with Crippen molar-refractivity contribution in [1.82, 2.24) is 14.5 Å². The van der Waals surface area contributed by atoms with Gasteiger partial charge in [-0.25, -0.2) is 4.98 Å². The van der Waals surface area contributed by atoms with Gasteiger partial charge in [-0.05, 0) is 37.5 Å². The number of carbonyl (C=O) groups excluding carboxylic acids is 1. The number of carbonyl (C=O) groups is 1. The second-order valence-corrected chi connectivity index (χ2v) is 6.46. The van der Waals surface area contributed by atoms with E-state index in [0.717, 1.165) is 32.4 Å². The molecule has 24 heavy (non-hydrogen) atoms. The lowest BCUT2D eigenvalue weighted by molar-refractivity contribution is 0.0690. The highest BCUT2D eigenvalue weighted by Gasteiger charge is 2.26. The lowest BCUT2D eigenvalue weighted by Crippen LogP contribution is -2.39. The Labute approximate surface area is 147 Å². The van der Waals surface area contributed by atoms with Crippen LogP contribution >= 0.6 is 11.6 Å². The molecule has 0 bridgehead atoms. The zero-order chi connectivity index (χ0) is 16.9. The quantitative estimate of drug-likeness (QED) is 0.826. The van der Waals surface area contributed by atoms with Crippen molar-refractivity contribution in [3.05, 3.63) is 47.5 Å². The Kier molecular flexibility index (Phi) is 5.41. The van der Waals surface area contributed by atoms with E-state index >= 15 is 0 Å². The van der Waals surface area contributed by atoms with Gasteiger partial charge in [0.05, 0.1) is 18.5 Å². The van der Waals surface area contributed by atoms with Crippen molar-refractivity contribution >= 4 is 17.5 Å². The van der Waals surface area contributed by atoms with Crippen LogP contribution in [0.15, 0.2) is 36.9 Å². The minimum Gasteiger partial charge on any atom is -0.493 e. The Morgan fingerprint density at radius 3 is 2.83 bits per heavy atom. The molecule has 0 aliphatic carbocycles. The lowest BCUT2D eigenvalue weighted by atomic mass is 10.0. The van der Waals surface area contributed by atoms with E-state index in [1.165, 1.54) is 0 Å². The summed E-state index contributed by atoms with van der Waals surface area (Å²) in [5.74, 6) is 0.607. The van der Waals surface area contributed by atoms with Gasteiger partial charge in [-0.3, -0.25) is 4.79 Å². The molecule has 0 spiro atoms. The first-order valence-electron chi connectivity index (χ1n) is 8.38. The number of aromatic nitrogens is 2. The predicted octanol–water partition coefficient (Wildman–Crippen LogP) is 3.80. The molecule has 1 fully saturated rings. The summed E-state index contributed by atoms with van der Waals surface area (Å²) in [5, 5.41) is 0.551. The third kappa shape index (κ3) is 3.73. The molecule has 6 heteroatoms. The zero-order valence-electron chi connectivity index (χ0n) is 13.8. The number of ether oxygens (including phenoxy) is 1. The first-order chi connectivity index (χ1) is 11.7. The van der Waals surface area contributed by atoms with Crippen molar-refractivity contribution in [1.29, 1.82) is 0 Å². The molecule has 2 heterocycles. The molecule has 2 aromatic rings. The van der Waals surface area contributed by atoms with Gasteiger partial charge < -0.3 is 14.2 Å². The van der Waals surface area contributed by atoms with Gasteiger partial charge in [0.15, 0.2) is 0 Å². The molecule has 0 atom stereocenters. The topological polar surface area (TPSA) is 47.4 Å². The van der Waals surface area contributed by atoms with Crippen LogP contribution in [0, 0.1) is 0 Å². The van der Waals surface area contributed by atoms with Crippen molar-refractivity contribution in [2.75, 3.05) is 19.7 Å². The van der Waals surface area contributed by atoms with E-state index in [1.54, 1.807) is 24.4 Å². The second-order valence-electron chi connectivity index (χ2n) is 6.02. The maximum Gasteiger partial charge on any atom is 0.257 e. The van der Waals surface area contributed by atoms with E-state index in [1.807, 2.05) is 24.3 Å². The Morgan fingerprint density at radius 2 is 2.17 bits per heavy atom. The summed E-state index contributed by atoms with van der Waals surface area (Å²) in [5.41, 5.74) is 0.553. The van der Waals surface area contributed by atoms with Crippen LogP contribution in [0.3, 0.4) is 0 Å². The maximum atomic E-state index is 12.9. The summed E-state index contributed by atoms with van der Waals surface area (Å²) in [6, 6.07) is 5.65. The average molecular weight is 348 g/mol. The van der Waals surface area contributed by atoms with Gasteiger partial charge in [-0.15, -0.1) is 0 Å². The molecule has 1 saturated heterocycles. The number of halogens is 1. The third-order valence-corrected chi connectivity index (χ3v) is 4.57. The second kappa shape index (κ2) is 7.71. The predicted molar refractivity (Wildman–Crippen MR) is 93.6 cm³/mol. The van der Waals surface area contributed by atoms with Crippen LogP contribution in [-0.4, -0.2) is 40.1 Å². The Bertz CT molecular complexity index is 680. The number of hydrogen-bond acceptors (Lipinski definition) is 3. The molecule has 1 aliphatic rings. The van der Waals surface area contributed by atoms with Gasteiger partial charge in [0.2, 0.25) is 0 Å². The number of benzene rings is 1. The molecule has 3 rings (SSSR count). The summed E-state index contributed by atoms with van der Waals surface area (Å²) in [4.78, 5) is 18.9. The third-order valence-electron chi connectivity index (χ3n) is 4.33. The summed E-state index contributed by atoms with van der Waals surface area (Å²) in [6.07, 6.45) is 8.36. The molecule has 1 amide bonds. The monoisotopic (exact) mass is 347 g/mol. The van der Waals surface area contributed by atoms with E-state index in [4.69, 9.17) is 16.3 Å². The van der Waals surface area contributed by atoms with Crippen molar-refractivity contribution in [3.63, 3.8) is 0 Å². The number of nitrogens with zero attached hydrogens (tertiary/aromatic N) is 3. The maximum absolute atomic E-state index is 12.9. The van der Waals surface area contributed by atoms with Gasteiger partial charge in [-0.2, -0.15) is 0 Å². The van der Waals surface area contributed by atoms with E-state index in [0.29, 0.717) is 29.0 Å². The largest absolute Gasteiger partial charge is 0.493 e. The van der Waals surface area contributed by atoms with Crippen molar-refractivity contribution in [3.8, 4) is 5.75 Å². The standard InChI is InChI=1S/C18H22ClN3O2/c1-2-11-24-17-4-3-14(19)12-16(17)18(23)21-8-5-15(6-9-21)22-10-7-20-13-22/h3-4,7,10,12-13,15H,2,5-6,8-9,11H2,1H3. The minimum absolute atomic E-state index is 0.00677. The molecular weight excluding hydrogens is 326 g/mol. The van der Waals surface area contributed by atoms with Crippen LogP contribution in [0.1, 0.15) is 42.6 Å². The molecule has 0 N–H and O–H groups in total. The highest BCUT2D eigenvalue weighted by atomic mass is 35.5. The van der Waals surface area contributed by atoms with E-state index < -0.39 is 0 Å². The molecular formula is C18H22ClN3O2. The molecule has 0 unspecified atom stereocenters. The van der Waals surface area contributed by atoms with E-state index in [9.17, 15) is 4.79 Å². The molecule has 1 aliphatic heterocycles. The van der Waals surface area contributed by atoms with Gasteiger partial charge in [0.25, 0.3) is 5.91 Å². The van der Waals surface area contributed by atoms with Crippen LogP contribution in [0.5, 0.6) is 5.75 Å². The summed E-state index contributed by atoms with van der Waals surface area (Å²) in [6.45, 7) is 4.08. The number of amides is 1. The number of hydrogen-bond donors (Lipinski definition) is 0. The van der Waals surface area contributed by atoms with Crippen molar-refractivity contribution in [2.24, 2.45) is 0 Å². The molecule has 1 aromatic heterocycles. The number of imidazole rings is 1. The molecule has 1 aromatic carbocycles. The first kappa shape index (κ1) is 16.8. The van der Waals surface area contributed by atoms with Crippen LogP contribution < -0.4 is 4.74 Å².